The van der Waals surface area contributed by atoms with Crippen LogP contribution in [0.5, 0.6) is 0 Å². The second-order valence-corrected chi connectivity index (χ2v) is 4.67. The molecule has 1 aromatic heterocycles. The summed E-state index contributed by atoms with van der Waals surface area (Å²) in [4.78, 5) is 17.5. The molecule has 94 valence electrons. The minimum absolute atomic E-state index is 0.253. The average Bonchev–Trinajstić information content (AvgIpc) is 2.26. The number of fused-ring (bicyclic) bond motifs is 1. The van der Waals surface area contributed by atoms with Crippen LogP contribution in [0, 0.1) is 6.92 Å². The maximum absolute atomic E-state index is 10.9. The highest BCUT2D eigenvalue weighted by Gasteiger charge is 2.07. The van der Waals surface area contributed by atoms with E-state index in [1.54, 1.807) is 0 Å². The summed E-state index contributed by atoms with van der Waals surface area (Å²) in [5, 5.41) is 1.08. The molecular formula is C14H17N3O. The van der Waals surface area contributed by atoms with Gasteiger partial charge in [-0.25, -0.2) is 0 Å². The van der Waals surface area contributed by atoms with E-state index < -0.39 is 0 Å². The van der Waals surface area contributed by atoms with E-state index in [2.05, 4.69) is 16.0 Å². The summed E-state index contributed by atoms with van der Waals surface area (Å²) in [6.07, 6.45) is 0.253. The number of anilines is 1. The van der Waals surface area contributed by atoms with Gasteiger partial charge in [0.25, 0.3) is 0 Å². The number of carbonyl (C=O) groups is 1. The van der Waals surface area contributed by atoms with Crippen molar-refractivity contribution in [3.8, 4) is 0 Å². The van der Waals surface area contributed by atoms with E-state index >= 15 is 0 Å². The largest absolute Gasteiger partial charge is 0.377 e. The Bertz CT molecular complexity index is 605. The van der Waals surface area contributed by atoms with Crippen LogP contribution in [-0.4, -0.2) is 25.0 Å². The topological polar surface area (TPSA) is 59.2 Å². The molecule has 0 unspecified atom stereocenters. The van der Waals surface area contributed by atoms with Gasteiger partial charge in [0.1, 0.15) is 0 Å². The number of aromatic nitrogens is 1. The van der Waals surface area contributed by atoms with Gasteiger partial charge in [0.05, 0.1) is 11.9 Å². The van der Waals surface area contributed by atoms with E-state index in [1.165, 1.54) is 0 Å². The lowest BCUT2D eigenvalue weighted by Gasteiger charge is -2.16. The quantitative estimate of drug-likeness (QED) is 0.891. The van der Waals surface area contributed by atoms with Crippen LogP contribution in [0.2, 0.25) is 0 Å². The first-order valence-electron chi connectivity index (χ1n) is 5.83. The Morgan fingerprint density at radius 2 is 2.06 bits per heavy atom. The third-order valence-corrected chi connectivity index (χ3v) is 2.84. The molecular weight excluding hydrogens is 226 g/mol. The van der Waals surface area contributed by atoms with Crippen LogP contribution < -0.4 is 10.6 Å². The van der Waals surface area contributed by atoms with Crippen LogP contribution in [0.3, 0.4) is 0 Å². The van der Waals surface area contributed by atoms with Crippen molar-refractivity contribution in [1.82, 2.24) is 4.98 Å². The molecule has 2 aromatic rings. The number of hydrogen-bond donors (Lipinski definition) is 1. The first-order valence-corrected chi connectivity index (χ1v) is 5.83. The highest BCUT2D eigenvalue weighted by Crippen LogP contribution is 2.26. The molecule has 4 heteroatoms. The molecule has 0 aliphatic rings. The summed E-state index contributed by atoms with van der Waals surface area (Å²) >= 11 is 0. The number of rotatable bonds is 3. The second kappa shape index (κ2) is 4.64. The second-order valence-electron chi connectivity index (χ2n) is 4.67. The van der Waals surface area contributed by atoms with E-state index in [9.17, 15) is 4.79 Å². The molecule has 0 radical (unpaired) electrons. The standard InChI is InChI=1S/C14H17N3O/c1-9-6-13(17(2)3)11-5-4-10(8-14(15)18)7-12(11)16-9/h4-7H,8H2,1-3H3,(H2,15,18). The smallest absolute Gasteiger partial charge is 0.221 e. The van der Waals surface area contributed by atoms with Crippen molar-refractivity contribution in [1.29, 1.82) is 0 Å². The Hall–Kier alpha value is -2.10. The third-order valence-electron chi connectivity index (χ3n) is 2.84. The van der Waals surface area contributed by atoms with Gasteiger partial charge in [0, 0.05) is 30.9 Å². The molecule has 0 atom stereocenters. The number of benzene rings is 1. The minimum Gasteiger partial charge on any atom is -0.377 e. The van der Waals surface area contributed by atoms with Gasteiger partial charge in [-0.15, -0.1) is 0 Å². The highest BCUT2D eigenvalue weighted by molar-refractivity contribution is 5.92. The summed E-state index contributed by atoms with van der Waals surface area (Å²) in [5.41, 5.74) is 9.10. The molecule has 2 rings (SSSR count). The number of nitrogens with two attached hydrogens (primary N) is 1. The number of hydrogen-bond acceptors (Lipinski definition) is 3. The van der Waals surface area contributed by atoms with E-state index in [0.717, 1.165) is 27.8 Å². The fourth-order valence-electron chi connectivity index (χ4n) is 2.07. The van der Waals surface area contributed by atoms with Gasteiger partial charge < -0.3 is 10.6 Å². The molecule has 0 fully saturated rings. The van der Waals surface area contributed by atoms with Gasteiger partial charge in [-0.3, -0.25) is 9.78 Å². The molecule has 1 aromatic carbocycles. The molecule has 1 amide bonds. The molecule has 0 saturated carbocycles. The Balaban J connectivity index is 2.60. The van der Waals surface area contributed by atoms with Crippen molar-refractivity contribution in [3.05, 3.63) is 35.5 Å². The number of nitrogens with zero attached hydrogens (tertiary/aromatic N) is 2. The monoisotopic (exact) mass is 243 g/mol. The summed E-state index contributed by atoms with van der Waals surface area (Å²) in [5.74, 6) is -0.324. The predicted molar refractivity (Wildman–Crippen MR) is 73.7 cm³/mol. The van der Waals surface area contributed by atoms with E-state index in [4.69, 9.17) is 5.73 Å². The number of pyridine rings is 1. The predicted octanol–water partition coefficient (Wildman–Crippen LogP) is 1.64. The lowest BCUT2D eigenvalue weighted by Crippen LogP contribution is -2.14. The van der Waals surface area contributed by atoms with Gasteiger partial charge >= 0.3 is 0 Å². The molecule has 4 nitrogen and oxygen atoms in total. The zero-order valence-corrected chi connectivity index (χ0v) is 10.9. The Morgan fingerprint density at radius 1 is 1.33 bits per heavy atom. The van der Waals surface area contributed by atoms with Gasteiger partial charge in [0.2, 0.25) is 5.91 Å². The number of aryl methyl sites for hydroxylation is 1. The van der Waals surface area contributed by atoms with Gasteiger partial charge in [-0.2, -0.15) is 0 Å². The van der Waals surface area contributed by atoms with Crippen molar-refractivity contribution in [2.24, 2.45) is 5.73 Å². The molecule has 0 aliphatic heterocycles. The SMILES string of the molecule is Cc1cc(N(C)C)c2ccc(CC(N)=O)cc2n1. The average molecular weight is 243 g/mol. The van der Waals surface area contributed by atoms with E-state index in [-0.39, 0.29) is 12.3 Å². The molecule has 0 bridgehead atoms. The van der Waals surface area contributed by atoms with Gasteiger partial charge in [0.15, 0.2) is 0 Å². The Labute approximate surface area is 106 Å². The Kier molecular flexibility index (Phi) is 3.19. The fraction of sp³-hybridized carbons (Fsp3) is 0.286. The summed E-state index contributed by atoms with van der Waals surface area (Å²) in [6.45, 7) is 1.97. The molecule has 1 heterocycles. The fourth-order valence-corrected chi connectivity index (χ4v) is 2.07. The van der Waals surface area contributed by atoms with Crippen LogP contribution in [0.1, 0.15) is 11.3 Å². The number of amides is 1. The lowest BCUT2D eigenvalue weighted by molar-refractivity contribution is -0.117. The molecule has 0 spiro atoms. The molecule has 0 saturated heterocycles. The summed E-state index contributed by atoms with van der Waals surface area (Å²) in [6, 6.07) is 7.91. The van der Waals surface area contributed by atoms with E-state index in [1.807, 2.05) is 39.2 Å². The lowest BCUT2D eigenvalue weighted by atomic mass is 10.1. The molecule has 0 aliphatic carbocycles. The highest BCUT2D eigenvalue weighted by atomic mass is 16.1. The van der Waals surface area contributed by atoms with Crippen LogP contribution in [0.15, 0.2) is 24.3 Å². The maximum Gasteiger partial charge on any atom is 0.221 e. The van der Waals surface area contributed by atoms with Crippen molar-refractivity contribution in [3.63, 3.8) is 0 Å². The van der Waals surface area contributed by atoms with Crippen molar-refractivity contribution < 1.29 is 4.79 Å². The molecule has 2 N–H and O–H groups in total. The Morgan fingerprint density at radius 3 is 2.67 bits per heavy atom. The maximum atomic E-state index is 10.9. The number of carbonyl (C=O) groups excluding carboxylic acids is 1. The van der Waals surface area contributed by atoms with Crippen LogP contribution >= 0.6 is 0 Å². The third kappa shape index (κ3) is 2.42. The van der Waals surface area contributed by atoms with E-state index in [0.29, 0.717) is 0 Å². The summed E-state index contributed by atoms with van der Waals surface area (Å²) < 4.78 is 0. The van der Waals surface area contributed by atoms with Gasteiger partial charge in [-0.1, -0.05) is 12.1 Å². The van der Waals surface area contributed by atoms with Crippen molar-refractivity contribution in [2.75, 3.05) is 19.0 Å². The number of primary amides is 1. The normalized spacial score (nSPS) is 10.6. The van der Waals surface area contributed by atoms with Crippen molar-refractivity contribution >= 4 is 22.5 Å². The first kappa shape index (κ1) is 12.4. The molecule has 18 heavy (non-hydrogen) atoms. The zero-order valence-electron chi connectivity index (χ0n) is 10.9. The minimum atomic E-state index is -0.324. The zero-order chi connectivity index (χ0) is 13.3. The van der Waals surface area contributed by atoms with Crippen molar-refractivity contribution in [2.45, 2.75) is 13.3 Å². The van der Waals surface area contributed by atoms with Crippen LogP contribution in [0.25, 0.3) is 10.9 Å². The van der Waals surface area contributed by atoms with Gasteiger partial charge in [-0.05, 0) is 24.6 Å². The van der Waals surface area contributed by atoms with Crippen LogP contribution in [0.4, 0.5) is 5.69 Å². The van der Waals surface area contributed by atoms with Crippen LogP contribution in [-0.2, 0) is 11.2 Å². The summed E-state index contributed by atoms with van der Waals surface area (Å²) in [7, 11) is 4.01. The first-order chi connectivity index (χ1) is 8.47.